The molecule has 1 unspecified atom stereocenters. The second-order valence-corrected chi connectivity index (χ2v) is 6.09. The molecule has 1 heterocycles. The lowest BCUT2D eigenvalue weighted by atomic mass is 10.7. The third-order valence-corrected chi connectivity index (χ3v) is 5.25. The molecular weight excluding hydrogens is 208 g/mol. The number of hydrogen-bond donors (Lipinski definition) is 0. The van der Waals surface area contributed by atoms with Crippen molar-refractivity contribution in [3.05, 3.63) is 23.0 Å². The second kappa shape index (κ2) is 5.04. The van der Waals surface area contributed by atoms with Crippen molar-refractivity contribution in [2.75, 3.05) is 5.75 Å². The maximum absolute atomic E-state index is 10.9. The number of rotatable bonds is 3. The molecule has 0 aromatic rings. The van der Waals surface area contributed by atoms with Gasteiger partial charge in [-0.05, 0) is 23.3 Å². The highest BCUT2D eigenvalue weighted by molar-refractivity contribution is 8.24. The van der Waals surface area contributed by atoms with E-state index in [4.69, 9.17) is 0 Å². The molecule has 12 heavy (non-hydrogen) atoms. The zero-order valence-electron chi connectivity index (χ0n) is 6.78. The van der Waals surface area contributed by atoms with Gasteiger partial charge >= 0.3 is 0 Å². The Morgan fingerprint density at radius 1 is 1.92 bits per heavy atom. The topological polar surface area (TPSA) is 17.1 Å². The van der Waals surface area contributed by atoms with E-state index >= 15 is 0 Å². The lowest BCUT2D eigenvalue weighted by molar-refractivity contribution is -0.107. The van der Waals surface area contributed by atoms with Crippen molar-refractivity contribution in [3.8, 4) is 0 Å². The highest BCUT2D eigenvalue weighted by Gasteiger charge is 2.16. The molecule has 1 atom stereocenters. The predicted octanol–water partition coefficient (Wildman–Crippen LogP) is 3.10. The summed E-state index contributed by atoms with van der Waals surface area (Å²) in [4.78, 5) is 12.2. The molecule has 0 aliphatic carbocycles. The molecular formula is C8H10OS3. The van der Waals surface area contributed by atoms with Gasteiger partial charge in [0, 0.05) is 5.75 Å². The minimum Gasteiger partial charge on any atom is -0.282 e. The Morgan fingerprint density at radius 3 is 3.17 bits per heavy atom. The Morgan fingerprint density at radius 2 is 2.67 bits per heavy atom. The summed E-state index contributed by atoms with van der Waals surface area (Å²) in [5.41, 5.74) is 0. The summed E-state index contributed by atoms with van der Waals surface area (Å²) in [6, 6.07) is 0. The fourth-order valence-corrected chi connectivity index (χ4v) is 4.12. The van der Waals surface area contributed by atoms with E-state index in [2.05, 4.69) is 18.9 Å². The maximum atomic E-state index is 10.9. The largest absolute Gasteiger partial charge is 0.282 e. The fourth-order valence-electron chi connectivity index (χ4n) is 0.717. The van der Waals surface area contributed by atoms with Gasteiger partial charge in [-0.1, -0.05) is 18.3 Å². The first-order valence-corrected chi connectivity index (χ1v) is 6.31. The second-order valence-electron chi connectivity index (χ2n) is 2.25. The number of carbonyl (C=O) groups excluding carboxylic acids is 1. The zero-order valence-corrected chi connectivity index (χ0v) is 9.23. The lowest BCUT2D eigenvalue weighted by Crippen LogP contribution is -1.98. The summed E-state index contributed by atoms with van der Waals surface area (Å²) in [7, 11) is 0. The van der Waals surface area contributed by atoms with Crippen molar-refractivity contribution in [1.29, 1.82) is 0 Å². The van der Waals surface area contributed by atoms with E-state index in [1.165, 1.54) is 22.7 Å². The van der Waals surface area contributed by atoms with Gasteiger partial charge in [0.2, 0.25) is 5.12 Å². The molecule has 1 aliphatic heterocycles. The first kappa shape index (κ1) is 10.3. The molecule has 0 N–H and O–H groups in total. The van der Waals surface area contributed by atoms with Crippen LogP contribution in [0.4, 0.5) is 0 Å². The molecule has 0 bridgehead atoms. The number of thioether (sulfide) groups is 3. The predicted molar refractivity (Wildman–Crippen MR) is 60.4 cm³/mol. The Hall–Kier alpha value is 0.200. The third-order valence-electron chi connectivity index (χ3n) is 1.23. The van der Waals surface area contributed by atoms with Crippen LogP contribution in [0.5, 0.6) is 0 Å². The van der Waals surface area contributed by atoms with E-state index in [-0.39, 0.29) is 5.12 Å². The number of carbonyl (C=O) groups is 1. The SMILES string of the molecule is C=CC(=O)SCC1SC=C(C)S1. The van der Waals surface area contributed by atoms with Gasteiger partial charge in [-0.15, -0.1) is 23.5 Å². The average Bonchev–Trinajstić information content (AvgIpc) is 2.47. The van der Waals surface area contributed by atoms with Crippen LogP contribution in [0.1, 0.15) is 6.92 Å². The molecule has 0 aromatic carbocycles. The van der Waals surface area contributed by atoms with Crippen LogP contribution in [0.25, 0.3) is 0 Å². The molecule has 0 saturated carbocycles. The van der Waals surface area contributed by atoms with Gasteiger partial charge in [-0.3, -0.25) is 4.79 Å². The van der Waals surface area contributed by atoms with Crippen LogP contribution in [-0.4, -0.2) is 15.5 Å². The van der Waals surface area contributed by atoms with Crippen LogP contribution >= 0.6 is 35.3 Å². The van der Waals surface area contributed by atoms with Gasteiger partial charge in [-0.25, -0.2) is 0 Å². The van der Waals surface area contributed by atoms with Crippen LogP contribution in [0, 0.1) is 0 Å². The summed E-state index contributed by atoms with van der Waals surface area (Å²) >= 11 is 4.97. The Bertz CT molecular complexity index is 222. The molecule has 0 saturated heterocycles. The van der Waals surface area contributed by atoms with E-state index in [9.17, 15) is 4.79 Å². The summed E-state index contributed by atoms with van der Waals surface area (Å²) in [5.74, 6) is 0.869. The van der Waals surface area contributed by atoms with Crippen molar-refractivity contribution in [1.82, 2.24) is 0 Å². The van der Waals surface area contributed by atoms with Crippen LogP contribution in [0.2, 0.25) is 0 Å². The zero-order chi connectivity index (χ0) is 8.97. The quantitative estimate of drug-likeness (QED) is 0.677. The Kier molecular flexibility index (Phi) is 4.32. The van der Waals surface area contributed by atoms with Crippen LogP contribution in [0.3, 0.4) is 0 Å². The highest BCUT2D eigenvalue weighted by atomic mass is 32.2. The summed E-state index contributed by atoms with van der Waals surface area (Å²) in [5, 5.41) is 2.22. The minimum atomic E-state index is 0.0701. The van der Waals surface area contributed by atoms with Gasteiger partial charge in [0.05, 0.1) is 4.58 Å². The van der Waals surface area contributed by atoms with Gasteiger partial charge in [0.25, 0.3) is 0 Å². The molecule has 0 fully saturated rings. The van der Waals surface area contributed by atoms with E-state index in [0.29, 0.717) is 4.58 Å². The molecule has 1 rings (SSSR count). The van der Waals surface area contributed by atoms with Crippen molar-refractivity contribution in [2.24, 2.45) is 0 Å². The summed E-state index contributed by atoms with van der Waals surface area (Å²) < 4.78 is 0.513. The highest BCUT2D eigenvalue weighted by Crippen LogP contribution is 2.40. The van der Waals surface area contributed by atoms with E-state index in [1.807, 2.05) is 11.8 Å². The third kappa shape index (κ3) is 3.29. The van der Waals surface area contributed by atoms with Gasteiger partial charge in [0.15, 0.2) is 0 Å². The van der Waals surface area contributed by atoms with Gasteiger partial charge in [-0.2, -0.15) is 0 Å². The first-order valence-electron chi connectivity index (χ1n) is 3.50. The summed E-state index contributed by atoms with van der Waals surface area (Å²) in [6.45, 7) is 5.52. The van der Waals surface area contributed by atoms with Crippen molar-refractivity contribution in [2.45, 2.75) is 11.5 Å². The normalized spacial score (nSPS) is 22.1. The van der Waals surface area contributed by atoms with E-state index in [1.54, 1.807) is 11.8 Å². The standard InChI is InChI=1S/C8H10OS3/c1-3-7(9)10-5-8-11-4-6(2)12-8/h3-4,8H,1,5H2,2H3. The minimum absolute atomic E-state index is 0.0701. The van der Waals surface area contributed by atoms with Crippen LogP contribution < -0.4 is 0 Å². The molecule has 0 spiro atoms. The first-order chi connectivity index (χ1) is 5.72. The molecule has 4 heteroatoms. The van der Waals surface area contributed by atoms with Crippen LogP contribution in [-0.2, 0) is 4.79 Å². The van der Waals surface area contributed by atoms with Crippen molar-refractivity contribution >= 4 is 40.4 Å². The van der Waals surface area contributed by atoms with Crippen molar-refractivity contribution < 1.29 is 4.79 Å². The molecule has 1 nitrogen and oxygen atoms in total. The van der Waals surface area contributed by atoms with Gasteiger partial charge in [0.1, 0.15) is 0 Å². The number of hydrogen-bond acceptors (Lipinski definition) is 4. The molecule has 0 amide bonds. The van der Waals surface area contributed by atoms with E-state index in [0.717, 1.165) is 5.75 Å². The monoisotopic (exact) mass is 218 g/mol. The molecule has 66 valence electrons. The van der Waals surface area contributed by atoms with Gasteiger partial charge < -0.3 is 0 Å². The van der Waals surface area contributed by atoms with E-state index < -0.39 is 0 Å². The van der Waals surface area contributed by atoms with Crippen molar-refractivity contribution in [3.63, 3.8) is 0 Å². The molecule has 0 radical (unpaired) electrons. The number of allylic oxidation sites excluding steroid dienone is 1. The Balaban J connectivity index is 2.18. The maximum Gasteiger partial charge on any atom is 0.211 e. The smallest absolute Gasteiger partial charge is 0.211 e. The molecule has 1 aliphatic rings. The van der Waals surface area contributed by atoms with Crippen LogP contribution in [0.15, 0.2) is 23.0 Å². The molecule has 0 aromatic heterocycles. The summed E-state index contributed by atoms with van der Waals surface area (Å²) in [6.07, 6.45) is 1.37. The average molecular weight is 218 g/mol. The lowest BCUT2D eigenvalue weighted by Gasteiger charge is -2.04. The Labute approximate surface area is 85.4 Å². The fraction of sp³-hybridized carbons (Fsp3) is 0.375.